The highest BCUT2D eigenvalue weighted by Crippen LogP contribution is 2.21. The molecule has 2 fully saturated rings. The Morgan fingerprint density at radius 2 is 2.00 bits per heavy atom. The zero-order valence-electron chi connectivity index (χ0n) is 16.9. The summed E-state index contributed by atoms with van der Waals surface area (Å²) in [5, 5.41) is 6.39. The van der Waals surface area contributed by atoms with Gasteiger partial charge in [0, 0.05) is 25.3 Å². The van der Waals surface area contributed by atoms with Crippen molar-refractivity contribution in [3.05, 3.63) is 24.3 Å². The highest BCUT2D eigenvalue weighted by molar-refractivity contribution is 5.90. The molecule has 1 aromatic heterocycles. The van der Waals surface area contributed by atoms with Crippen LogP contribution in [0, 0.1) is 0 Å². The fourth-order valence-electron chi connectivity index (χ4n) is 4.07. The molecule has 29 heavy (non-hydrogen) atoms. The van der Waals surface area contributed by atoms with E-state index in [1.54, 1.807) is 17.4 Å². The number of carbonyl (C=O) groups is 2. The monoisotopic (exact) mass is 445 g/mol. The first-order valence-electron chi connectivity index (χ1n) is 10.1. The van der Waals surface area contributed by atoms with Gasteiger partial charge in [0.05, 0.1) is 18.1 Å². The Labute approximate surface area is 185 Å². The number of hydrogen-bond donors (Lipinski definition) is 3. The van der Waals surface area contributed by atoms with E-state index in [9.17, 15) is 9.59 Å². The minimum Gasteiger partial charge on any atom is -0.351 e. The topological polar surface area (TPSA) is 90.1 Å². The van der Waals surface area contributed by atoms with Crippen LogP contribution < -0.4 is 10.6 Å². The van der Waals surface area contributed by atoms with Crippen molar-refractivity contribution in [3.63, 3.8) is 0 Å². The van der Waals surface area contributed by atoms with E-state index in [4.69, 9.17) is 0 Å². The van der Waals surface area contributed by atoms with E-state index in [1.165, 1.54) is 19.3 Å². The minimum absolute atomic E-state index is 0. The molecule has 2 atom stereocenters. The summed E-state index contributed by atoms with van der Waals surface area (Å²) in [6.45, 7) is 3.02. The van der Waals surface area contributed by atoms with Crippen LogP contribution >= 0.6 is 24.8 Å². The highest BCUT2D eigenvalue weighted by Gasteiger charge is 2.36. The molecule has 1 saturated heterocycles. The summed E-state index contributed by atoms with van der Waals surface area (Å²) >= 11 is 0. The van der Waals surface area contributed by atoms with Crippen molar-refractivity contribution >= 4 is 42.7 Å². The van der Waals surface area contributed by atoms with Crippen molar-refractivity contribution in [1.29, 1.82) is 0 Å². The Morgan fingerprint density at radius 1 is 1.24 bits per heavy atom. The zero-order valence-corrected chi connectivity index (χ0v) is 18.6. The summed E-state index contributed by atoms with van der Waals surface area (Å²) in [6, 6.07) is -0.160. The number of hydrogen-bond acceptors (Lipinski definition) is 4. The summed E-state index contributed by atoms with van der Waals surface area (Å²) in [7, 11) is 0. The average Bonchev–Trinajstić information content (AvgIpc) is 3.37. The van der Waals surface area contributed by atoms with Crippen molar-refractivity contribution in [3.8, 4) is 0 Å². The highest BCUT2D eigenvalue weighted by atomic mass is 35.5. The molecule has 0 aromatic carbocycles. The number of likely N-dealkylation sites (tertiary alicyclic amines) is 1. The molecule has 1 aliphatic carbocycles. The molecule has 3 N–H and O–H groups in total. The van der Waals surface area contributed by atoms with E-state index in [0.717, 1.165) is 31.4 Å². The maximum absolute atomic E-state index is 12.9. The first-order chi connectivity index (χ1) is 13.1. The second-order valence-corrected chi connectivity index (χ2v) is 7.55. The van der Waals surface area contributed by atoms with Gasteiger partial charge in [-0.1, -0.05) is 25.3 Å². The summed E-state index contributed by atoms with van der Waals surface area (Å²) < 4.78 is 0. The lowest BCUT2D eigenvalue weighted by Gasteiger charge is -2.30. The SMILES string of the molecule is C[C@@H](NC1CCCCC1)C(=O)N1CCC[C@H]1C(=O)NC/C=C/c1c[nH]cn1.Cl.Cl. The van der Waals surface area contributed by atoms with Gasteiger partial charge in [-0.15, -0.1) is 24.8 Å². The second kappa shape index (κ2) is 12.9. The van der Waals surface area contributed by atoms with E-state index in [2.05, 4.69) is 20.6 Å². The van der Waals surface area contributed by atoms with Crippen LogP contribution in [0.1, 0.15) is 57.6 Å². The quantitative estimate of drug-likeness (QED) is 0.601. The van der Waals surface area contributed by atoms with Gasteiger partial charge in [-0.05, 0) is 38.7 Å². The largest absolute Gasteiger partial charge is 0.351 e. The average molecular weight is 446 g/mol. The van der Waals surface area contributed by atoms with Gasteiger partial charge in [0.25, 0.3) is 0 Å². The predicted molar refractivity (Wildman–Crippen MR) is 119 cm³/mol. The van der Waals surface area contributed by atoms with Crippen LogP contribution in [0.5, 0.6) is 0 Å². The molecule has 0 bridgehead atoms. The lowest BCUT2D eigenvalue weighted by atomic mass is 9.95. The van der Waals surface area contributed by atoms with Gasteiger partial charge in [0.2, 0.25) is 11.8 Å². The fraction of sp³-hybridized carbons (Fsp3) is 0.650. The third-order valence-electron chi connectivity index (χ3n) is 5.50. The first-order valence-corrected chi connectivity index (χ1v) is 10.1. The number of nitrogens with zero attached hydrogens (tertiary/aromatic N) is 2. The van der Waals surface area contributed by atoms with E-state index >= 15 is 0 Å². The molecule has 0 unspecified atom stereocenters. The van der Waals surface area contributed by atoms with Crippen LogP contribution in [-0.2, 0) is 9.59 Å². The molecule has 0 radical (unpaired) electrons. The van der Waals surface area contributed by atoms with Gasteiger partial charge in [0.1, 0.15) is 6.04 Å². The smallest absolute Gasteiger partial charge is 0.243 e. The number of imidazole rings is 1. The van der Waals surface area contributed by atoms with Gasteiger partial charge in [0.15, 0.2) is 0 Å². The first kappa shape index (κ1) is 25.5. The molecule has 2 heterocycles. The van der Waals surface area contributed by atoms with E-state index in [0.29, 0.717) is 19.1 Å². The molecule has 2 aliphatic rings. The zero-order chi connectivity index (χ0) is 19.1. The summed E-state index contributed by atoms with van der Waals surface area (Å²) in [5.41, 5.74) is 0.824. The molecule has 9 heteroatoms. The number of halogens is 2. The van der Waals surface area contributed by atoms with Crippen molar-refractivity contribution in [2.75, 3.05) is 13.1 Å². The van der Waals surface area contributed by atoms with E-state index in [1.807, 2.05) is 19.1 Å². The molecule has 2 amide bonds. The van der Waals surface area contributed by atoms with Crippen LogP contribution in [-0.4, -0.2) is 57.9 Å². The van der Waals surface area contributed by atoms with E-state index < -0.39 is 0 Å². The van der Waals surface area contributed by atoms with Gasteiger partial charge in [-0.2, -0.15) is 0 Å². The Balaban J connectivity index is 0.00000210. The lowest BCUT2D eigenvalue weighted by molar-refractivity contribution is -0.139. The number of aromatic nitrogens is 2. The number of rotatable bonds is 7. The molecule has 3 rings (SSSR count). The van der Waals surface area contributed by atoms with Crippen LogP contribution in [0.2, 0.25) is 0 Å². The standard InChI is InChI=1S/C20H31N5O2.2ClH/c1-15(24-16-7-3-2-4-8-16)20(27)25-12-6-10-18(25)19(26)22-11-5-9-17-13-21-14-23-17;;/h5,9,13-16,18,24H,2-4,6-8,10-12H2,1H3,(H,21,23)(H,22,26);2*1H/b9-5+;;/t15-,18+;;/m1../s1. The summed E-state index contributed by atoms with van der Waals surface area (Å²) in [5.74, 6) is -0.0253. The lowest BCUT2D eigenvalue weighted by Crippen LogP contribution is -2.53. The Morgan fingerprint density at radius 3 is 2.69 bits per heavy atom. The summed E-state index contributed by atoms with van der Waals surface area (Å²) in [4.78, 5) is 34.2. The molecule has 164 valence electrons. The number of H-pyrrole nitrogens is 1. The van der Waals surface area contributed by atoms with E-state index in [-0.39, 0.29) is 48.7 Å². The van der Waals surface area contributed by atoms with Crippen LogP contribution in [0.25, 0.3) is 6.08 Å². The minimum atomic E-state index is -0.355. The van der Waals surface area contributed by atoms with Crippen molar-refractivity contribution in [2.45, 2.75) is 70.0 Å². The van der Waals surface area contributed by atoms with Crippen molar-refractivity contribution in [1.82, 2.24) is 25.5 Å². The number of aromatic amines is 1. The Kier molecular flexibility index (Phi) is 11.3. The van der Waals surface area contributed by atoms with Crippen molar-refractivity contribution < 1.29 is 9.59 Å². The fourth-order valence-corrected chi connectivity index (χ4v) is 4.07. The Hall–Kier alpha value is -1.57. The third kappa shape index (κ3) is 7.32. The molecule has 0 spiro atoms. The van der Waals surface area contributed by atoms with Gasteiger partial charge >= 0.3 is 0 Å². The van der Waals surface area contributed by atoms with Gasteiger partial charge in [-0.3, -0.25) is 9.59 Å². The van der Waals surface area contributed by atoms with Crippen LogP contribution in [0.15, 0.2) is 18.6 Å². The van der Waals surface area contributed by atoms with Crippen LogP contribution in [0.4, 0.5) is 0 Å². The second-order valence-electron chi connectivity index (χ2n) is 7.55. The third-order valence-corrected chi connectivity index (χ3v) is 5.50. The van der Waals surface area contributed by atoms with Crippen LogP contribution in [0.3, 0.4) is 0 Å². The summed E-state index contributed by atoms with van der Waals surface area (Å²) in [6.07, 6.45) is 14.8. The molecule has 1 aliphatic heterocycles. The Bertz CT molecular complexity index is 647. The number of nitrogens with one attached hydrogen (secondary N) is 3. The molecule has 7 nitrogen and oxygen atoms in total. The molecule has 1 saturated carbocycles. The molecular weight excluding hydrogens is 413 g/mol. The molecular formula is C20H33Cl2N5O2. The van der Waals surface area contributed by atoms with Gasteiger partial charge in [-0.25, -0.2) is 4.98 Å². The maximum atomic E-state index is 12.9. The maximum Gasteiger partial charge on any atom is 0.243 e. The predicted octanol–water partition coefficient (Wildman–Crippen LogP) is 2.68. The number of carbonyl (C=O) groups excluding carboxylic acids is 2. The van der Waals surface area contributed by atoms with Crippen molar-refractivity contribution in [2.24, 2.45) is 0 Å². The molecule has 1 aromatic rings. The normalized spacial score (nSPS) is 20.7. The van der Waals surface area contributed by atoms with Gasteiger partial charge < -0.3 is 20.5 Å². The number of amides is 2.